The van der Waals surface area contributed by atoms with Crippen LogP contribution in [0.25, 0.3) is 11.4 Å². The van der Waals surface area contributed by atoms with E-state index in [1.54, 1.807) is 25.7 Å². The minimum Gasteiger partial charge on any atom is -0.377 e. The molecule has 0 bridgehead atoms. The maximum absolute atomic E-state index is 5.09. The summed E-state index contributed by atoms with van der Waals surface area (Å²) < 4.78 is 5.09. The first kappa shape index (κ1) is 13.4. The average Bonchev–Trinajstić information content (AvgIpc) is 2.46. The molecule has 1 N–H and O–H groups in total. The molecule has 0 saturated heterocycles. The summed E-state index contributed by atoms with van der Waals surface area (Å²) in [6.45, 7) is 3.34. The zero-order valence-corrected chi connectivity index (χ0v) is 11.1. The molecular formula is C13H17N5O. The molecule has 0 spiro atoms. The molecule has 0 fully saturated rings. The third-order valence-corrected chi connectivity index (χ3v) is 2.43. The van der Waals surface area contributed by atoms with E-state index in [-0.39, 0.29) is 0 Å². The fourth-order valence-electron chi connectivity index (χ4n) is 1.60. The molecule has 0 unspecified atom stereocenters. The maximum Gasteiger partial charge on any atom is 0.157 e. The maximum atomic E-state index is 5.09. The Morgan fingerprint density at radius 1 is 1.21 bits per heavy atom. The average molecular weight is 259 g/mol. The van der Waals surface area contributed by atoms with E-state index >= 15 is 0 Å². The third-order valence-electron chi connectivity index (χ3n) is 2.43. The fourth-order valence-corrected chi connectivity index (χ4v) is 1.60. The molecule has 2 heterocycles. The minimum absolute atomic E-state index is 0.370. The molecular weight excluding hydrogens is 242 g/mol. The molecule has 0 aliphatic rings. The topological polar surface area (TPSA) is 72.8 Å². The van der Waals surface area contributed by atoms with E-state index in [2.05, 4.69) is 32.2 Å². The van der Waals surface area contributed by atoms with Crippen LogP contribution in [0.3, 0.4) is 0 Å². The van der Waals surface area contributed by atoms with Crippen LogP contribution in [0.5, 0.6) is 0 Å². The molecule has 0 amide bonds. The second-order valence-electron chi connectivity index (χ2n) is 4.01. The summed E-state index contributed by atoms with van der Waals surface area (Å²) >= 11 is 0. The van der Waals surface area contributed by atoms with Crippen molar-refractivity contribution < 1.29 is 4.74 Å². The number of hydrogen-bond donors (Lipinski definition) is 1. The van der Waals surface area contributed by atoms with Crippen LogP contribution in [0.15, 0.2) is 24.7 Å². The van der Waals surface area contributed by atoms with Crippen molar-refractivity contribution in [1.29, 1.82) is 0 Å². The normalized spacial score (nSPS) is 10.4. The van der Waals surface area contributed by atoms with Crippen LogP contribution in [0.4, 0.5) is 5.82 Å². The number of ether oxygens (including phenoxy) is 1. The Labute approximate surface area is 112 Å². The lowest BCUT2D eigenvalue weighted by Crippen LogP contribution is -2.07. The second-order valence-corrected chi connectivity index (χ2v) is 4.01. The quantitative estimate of drug-likeness (QED) is 0.854. The van der Waals surface area contributed by atoms with E-state index in [9.17, 15) is 0 Å². The van der Waals surface area contributed by atoms with Crippen molar-refractivity contribution in [2.75, 3.05) is 19.0 Å². The molecule has 19 heavy (non-hydrogen) atoms. The smallest absolute Gasteiger partial charge is 0.157 e. The summed E-state index contributed by atoms with van der Waals surface area (Å²) in [7, 11) is 1.62. The Bertz CT molecular complexity index is 518. The van der Waals surface area contributed by atoms with Crippen molar-refractivity contribution in [2.45, 2.75) is 20.0 Å². The van der Waals surface area contributed by atoms with Crippen molar-refractivity contribution in [2.24, 2.45) is 0 Å². The van der Waals surface area contributed by atoms with Gasteiger partial charge in [0, 0.05) is 32.1 Å². The van der Waals surface area contributed by atoms with Gasteiger partial charge in [-0.15, -0.1) is 0 Å². The number of nitrogens with zero attached hydrogens (tertiary/aromatic N) is 4. The molecule has 2 rings (SSSR count). The highest BCUT2D eigenvalue weighted by Crippen LogP contribution is 2.17. The number of methoxy groups -OCH3 is 1. The van der Waals surface area contributed by atoms with E-state index in [4.69, 9.17) is 4.74 Å². The first-order valence-electron chi connectivity index (χ1n) is 6.20. The molecule has 0 radical (unpaired) electrons. The number of nitrogens with one attached hydrogen (secondary N) is 1. The van der Waals surface area contributed by atoms with Gasteiger partial charge in [0.1, 0.15) is 18.1 Å². The van der Waals surface area contributed by atoms with Crippen molar-refractivity contribution in [3.8, 4) is 11.4 Å². The van der Waals surface area contributed by atoms with E-state index in [0.29, 0.717) is 12.4 Å². The number of aromatic nitrogens is 4. The highest BCUT2D eigenvalue weighted by atomic mass is 16.5. The molecule has 0 atom stereocenters. The monoisotopic (exact) mass is 259 g/mol. The minimum atomic E-state index is 0.370. The van der Waals surface area contributed by atoms with Gasteiger partial charge in [-0.25, -0.2) is 9.97 Å². The number of rotatable bonds is 6. The van der Waals surface area contributed by atoms with Crippen LogP contribution < -0.4 is 5.32 Å². The van der Waals surface area contributed by atoms with Crippen LogP contribution in [0.1, 0.15) is 19.2 Å². The predicted molar refractivity (Wildman–Crippen MR) is 72.6 cm³/mol. The van der Waals surface area contributed by atoms with Gasteiger partial charge in [0.2, 0.25) is 0 Å². The third kappa shape index (κ3) is 3.69. The van der Waals surface area contributed by atoms with Crippen molar-refractivity contribution in [3.05, 3.63) is 30.5 Å². The summed E-state index contributed by atoms with van der Waals surface area (Å²) in [5.74, 6) is 1.41. The zero-order valence-electron chi connectivity index (χ0n) is 11.1. The van der Waals surface area contributed by atoms with Crippen LogP contribution >= 0.6 is 0 Å². The fraction of sp³-hybridized carbons (Fsp3) is 0.385. The van der Waals surface area contributed by atoms with E-state index in [0.717, 1.165) is 30.2 Å². The van der Waals surface area contributed by atoms with Crippen molar-refractivity contribution in [3.63, 3.8) is 0 Å². The van der Waals surface area contributed by atoms with Crippen molar-refractivity contribution >= 4 is 5.82 Å². The second kappa shape index (κ2) is 6.75. The Morgan fingerprint density at radius 3 is 2.79 bits per heavy atom. The Morgan fingerprint density at radius 2 is 2.11 bits per heavy atom. The van der Waals surface area contributed by atoms with Crippen LogP contribution in [0.2, 0.25) is 0 Å². The SMILES string of the molecule is CCCNc1cc(-c2cnccn2)nc(COC)n1. The van der Waals surface area contributed by atoms with Gasteiger partial charge < -0.3 is 10.1 Å². The van der Waals surface area contributed by atoms with Gasteiger partial charge in [0.25, 0.3) is 0 Å². The van der Waals surface area contributed by atoms with Crippen molar-refractivity contribution in [1.82, 2.24) is 19.9 Å². The Hall–Kier alpha value is -2.08. The molecule has 100 valence electrons. The Balaban J connectivity index is 2.33. The molecule has 2 aromatic rings. The lowest BCUT2D eigenvalue weighted by molar-refractivity contribution is 0.178. The molecule has 2 aromatic heterocycles. The van der Waals surface area contributed by atoms with Gasteiger partial charge in [0.05, 0.1) is 11.9 Å². The van der Waals surface area contributed by atoms with Crippen LogP contribution in [-0.4, -0.2) is 33.6 Å². The van der Waals surface area contributed by atoms with Gasteiger partial charge in [0.15, 0.2) is 5.82 Å². The molecule has 0 aliphatic carbocycles. The van der Waals surface area contributed by atoms with Crippen LogP contribution in [-0.2, 0) is 11.3 Å². The zero-order chi connectivity index (χ0) is 13.5. The van der Waals surface area contributed by atoms with Gasteiger partial charge in [-0.05, 0) is 6.42 Å². The van der Waals surface area contributed by atoms with E-state index in [1.165, 1.54) is 0 Å². The summed E-state index contributed by atoms with van der Waals surface area (Å²) in [4.78, 5) is 17.1. The van der Waals surface area contributed by atoms with E-state index < -0.39 is 0 Å². The summed E-state index contributed by atoms with van der Waals surface area (Å²) in [5.41, 5.74) is 1.47. The standard InChI is InChI=1S/C13H17N5O/c1-3-4-16-12-7-10(11-8-14-5-6-15-11)17-13(18-12)9-19-2/h5-8H,3-4,9H2,1-2H3,(H,16,17,18). The molecule has 6 nitrogen and oxygen atoms in total. The van der Waals surface area contributed by atoms with Gasteiger partial charge in [-0.3, -0.25) is 9.97 Å². The van der Waals surface area contributed by atoms with Crippen LogP contribution in [0, 0.1) is 0 Å². The summed E-state index contributed by atoms with van der Waals surface area (Å²) in [5, 5.41) is 3.25. The lowest BCUT2D eigenvalue weighted by Gasteiger charge is -2.08. The highest BCUT2D eigenvalue weighted by molar-refractivity contribution is 5.57. The number of anilines is 1. The van der Waals surface area contributed by atoms with Gasteiger partial charge in [-0.2, -0.15) is 0 Å². The lowest BCUT2D eigenvalue weighted by atomic mass is 10.3. The van der Waals surface area contributed by atoms with Gasteiger partial charge in [-0.1, -0.05) is 6.92 Å². The molecule has 0 aromatic carbocycles. The first-order chi connectivity index (χ1) is 9.33. The summed E-state index contributed by atoms with van der Waals surface area (Å²) in [6, 6.07) is 1.87. The largest absolute Gasteiger partial charge is 0.377 e. The first-order valence-corrected chi connectivity index (χ1v) is 6.20. The Kier molecular flexibility index (Phi) is 4.74. The van der Waals surface area contributed by atoms with Gasteiger partial charge >= 0.3 is 0 Å². The molecule has 0 saturated carbocycles. The molecule has 6 heteroatoms. The van der Waals surface area contributed by atoms with E-state index in [1.807, 2.05) is 6.07 Å². The summed E-state index contributed by atoms with van der Waals surface area (Å²) in [6.07, 6.45) is 6.00. The predicted octanol–water partition coefficient (Wildman–Crippen LogP) is 1.90. The number of hydrogen-bond acceptors (Lipinski definition) is 6. The highest BCUT2D eigenvalue weighted by Gasteiger charge is 2.07. The molecule has 0 aliphatic heterocycles.